The van der Waals surface area contributed by atoms with Gasteiger partial charge in [0.25, 0.3) is 0 Å². The summed E-state index contributed by atoms with van der Waals surface area (Å²) in [7, 11) is -4.15. The molecule has 0 spiro atoms. The topological polar surface area (TPSA) is 130 Å². The second kappa shape index (κ2) is 6.78. The third-order valence-electron chi connectivity index (χ3n) is 3.17. The number of aliphatic hydroxyl groups excluding tert-OH is 1. The van der Waals surface area contributed by atoms with Crippen LogP contribution >= 0.6 is 0 Å². The Morgan fingerprint density at radius 1 is 1.09 bits per heavy atom. The molecule has 0 aromatic heterocycles. The minimum Gasteiger partial charge on any atom is -0.480 e. The summed E-state index contributed by atoms with van der Waals surface area (Å²) in [6.07, 6.45) is -1.54. The van der Waals surface area contributed by atoms with Gasteiger partial charge < -0.3 is 15.9 Å². The first-order valence-corrected chi connectivity index (χ1v) is 8.13. The van der Waals surface area contributed by atoms with Crippen LogP contribution in [0.3, 0.4) is 0 Å². The van der Waals surface area contributed by atoms with Crippen molar-refractivity contribution in [3.8, 4) is 0 Å². The Balaban J connectivity index is 2.31. The Kier molecular flexibility index (Phi) is 4.99. The number of nitrogen functional groups attached to an aromatic ring is 1. The number of benzene rings is 2. The van der Waals surface area contributed by atoms with Crippen molar-refractivity contribution >= 4 is 21.7 Å². The van der Waals surface area contributed by atoms with Crippen LogP contribution in [-0.4, -0.2) is 30.6 Å². The fraction of sp³-hybridized carbons (Fsp3) is 0.133. The number of nitrogens with one attached hydrogen (secondary N) is 1. The van der Waals surface area contributed by atoms with E-state index in [1.54, 1.807) is 18.2 Å². The van der Waals surface area contributed by atoms with E-state index in [0.717, 1.165) is 0 Å². The number of carboxylic acids is 1. The maximum atomic E-state index is 12.3. The van der Waals surface area contributed by atoms with Gasteiger partial charge in [0.05, 0.1) is 4.90 Å². The Bertz CT molecular complexity index is 793. The number of carboxylic acid groups (broad SMARTS) is 1. The molecule has 5 N–H and O–H groups in total. The molecule has 2 unspecified atom stereocenters. The van der Waals surface area contributed by atoms with Crippen molar-refractivity contribution < 1.29 is 23.4 Å². The molecule has 122 valence electrons. The van der Waals surface area contributed by atoms with Crippen LogP contribution in [0.15, 0.2) is 59.5 Å². The van der Waals surface area contributed by atoms with E-state index < -0.39 is 28.1 Å². The van der Waals surface area contributed by atoms with Gasteiger partial charge >= 0.3 is 5.97 Å². The van der Waals surface area contributed by atoms with Gasteiger partial charge in [-0.1, -0.05) is 36.4 Å². The lowest BCUT2D eigenvalue weighted by atomic mass is 10.0. The molecule has 23 heavy (non-hydrogen) atoms. The molecule has 8 heteroatoms. The summed E-state index contributed by atoms with van der Waals surface area (Å²) in [6, 6.07) is 11.6. The molecule has 2 aromatic rings. The predicted octanol–water partition coefficient (Wildman–Crippen LogP) is 0.734. The maximum absolute atomic E-state index is 12.3. The molecular formula is C15H16N2O5S. The molecule has 2 atom stereocenters. The predicted molar refractivity (Wildman–Crippen MR) is 84.0 cm³/mol. The molecule has 0 fully saturated rings. The molecule has 0 amide bonds. The lowest BCUT2D eigenvalue weighted by Crippen LogP contribution is -2.44. The second-order valence-corrected chi connectivity index (χ2v) is 6.58. The molecule has 0 bridgehead atoms. The van der Waals surface area contributed by atoms with Crippen molar-refractivity contribution in [2.75, 3.05) is 5.73 Å². The highest BCUT2D eigenvalue weighted by Gasteiger charge is 2.32. The highest BCUT2D eigenvalue weighted by atomic mass is 32.2. The molecule has 0 aliphatic carbocycles. The number of rotatable bonds is 6. The van der Waals surface area contributed by atoms with Crippen LogP contribution in [0.5, 0.6) is 0 Å². The summed E-state index contributed by atoms with van der Waals surface area (Å²) < 4.78 is 26.6. The standard InChI is InChI=1S/C15H16N2O5S/c16-11-7-4-8-12(9-11)23(21,22)17-13(15(19)20)14(18)10-5-2-1-3-6-10/h1-9,13-14,17-18H,16H2,(H,19,20). The molecule has 0 saturated heterocycles. The van der Waals surface area contributed by atoms with Gasteiger partial charge in [0.15, 0.2) is 0 Å². The minimum absolute atomic E-state index is 0.177. The summed E-state index contributed by atoms with van der Waals surface area (Å²) in [6.45, 7) is 0. The third-order valence-corrected chi connectivity index (χ3v) is 4.61. The lowest BCUT2D eigenvalue weighted by molar-refractivity contribution is -0.141. The summed E-state index contributed by atoms with van der Waals surface area (Å²) in [5.41, 5.74) is 6.05. The first kappa shape index (κ1) is 16.9. The zero-order valence-electron chi connectivity index (χ0n) is 12.0. The number of hydrogen-bond acceptors (Lipinski definition) is 5. The number of sulfonamides is 1. The summed E-state index contributed by atoms with van der Waals surface area (Å²) >= 11 is 0. The number of nitrogens with two attached hydrogens (primary N) is 1. The maximum Gasteiger partial charge on any atom is 0.324 e. The molecule has 0 radical (unpaired) electrons. The van der Waals surface area contributed by atoms with Gasteiger partial charge in [0, 0.05) is 5.69 Å². The molecule has 0 aliphatic rings. The van der Waals surface area contributed by atoms with Crippen molar-refractivity contribution in [2.45, 2.75) is 17.0 Å². The fourth-order valence-corrected chi connectivity index (χ4v) is 3.26. The minimum atomic E-state index is -4.15. The van der Waals surface area contributed by atoms with Crippen LogP contribution in [0, 0.1) is 0 Å². The highest BCUT2D eigenvalue weighted by Crippen LogP contribution is 2.20. The summed E-state index contributed by atoms with van der Waals surface area (Å²) in [5.74, 6) is -1.49. The van der Waals surface area contributed by atoms with Crippen LogP contribution in [-0.2, 0) is 14.8 Å². The average Bonchev–Trinajstić information content (AvgIpc) is 2.52. The Morgan fingerprint density at radius 2 is 1.74 bits per heavy atom. The smallest absolute Gasteiger partial charge is 0.324 e. The number of anilines is 1. The summed E-state index contributed by atoms with van der Waals surface area (Å²) in [5, 5.41) is 19.4. The van der Waals surface area contributed by atoms with Crippen LogP contribution < -0.4 is 10.5 Å². The highest BCUT2D eigenvalue weighted by molar-refractivity contribution is 7.89. The van der Waals surface area contributed by atoms with E-state index in [1.807, 2.05) is 4.72 Å². The van der Waals surface area contributed by atoms with Crippen molar-refractivity contribution in [1.29, 1.82) is 0 Å². The van der Waals surface area contributed by atoms with Crippen LogP contribution in [0.25, 0.3) is 0 Å². The van der Waals surface area contributed by atoms with Gasteiger partial charge in [-0.2, -0.15) is 4.72 Å². The van der Waals surface area contributed by atoms with Crippen molar-refractivity contribution in [3.05, 3.63) is 60.2 Å². The monoisotopic (exact) mass is 336 g/mol. The third kappa shape index (κ3) is 4.07. The second-order valence-electron chi connectivity index (χ2n) is 4.87. The van der Waals surface area contributed by atoms with Gasteiger partial charge in [-0.05, 0) is 23.8 Å². The summed E-state index contributed by atoms with van der Waals surface area (Å²) in [4.78, 5) is 11.2. The lowest BCUT2D eigenvalue weighted by Gasteiger charge is -2.20. The normalized spacial score (nSPS) is 14.1. The van der Waals surface area contributed by atoms with E-state index in [4.69, 9.17) is 5.73 Å². The van der Waals surface area contributed by atoms with Crippen molar-refractivity contribution in [2.24, 2.45) is 0 Å². The molecule has 0 aliphatic heterocycles. The molecule has 2 aromatic carbocycles. The Morgan fingerprint density at radius 3 is 2.30 bits per heavy atom. The van der Waals surface area contributed by atoms with E-state index in [2.05, 4.69) is 0 Å². The van der Waals surface area contributed by atoms with Crippen LogP contribution in [0.2, 0.25) is 0 Å². The average molecular weight is 336 g/mol. The quantitative estimate of drug-likeness (QED) is 0.576. The van der Waals surface area contributed by atoms with Gasteiger partial charge in [0.2, 0.25) is 10.0 Å². The largest absolute Gasteiger partial charge is 0.480 e. The Labute approximate surface area is 133 Å². The van der Waals surface area contributed by atoms with Crippen LogP contribution in [0.4, 0.5) is 5.69 Å². The molecular weight excluding hydrogens is 320 g/mol. The van der Waals surface area contributed by atoms with Crippen molar-refractivity contribution in [3.63, 3.8) is 0 Å². The number of hydrogen-bond donors (Lipinski definition) is 4. The van der Waals surface area contributed by atoms with E-state index in [-0.39, 0.29) is 16.1 Å². The van der Waals surface area contributed by atoms with Gasteiger partial charge in [-0.25, -0.2) is 8.42 Å². The SMILES string of the molecule is Nc1cccc(S(=O)(=O)NC(C(=O)O)C(O)c2ccccc2)c1. The fourth-order valence-electron chi connectivity index (χ4n) is 2.01. The number of aliphatic hydroxyl groups is 1. The molecule has 0 saturated carbocycles. The van der Waals surface area contributed by atoms with Gasteiger partial charge in [0.1, 0.15) is 12.1 Å². The van der Waals surface area contributed by atoms with Crippen molar-refractivity contribution in [1.82, 2.24) is 4.72 Å². The molecule has 2 rings (SSSR count). The first-order valence-electron chi connectivity index (χ1n) is 6.65. The van der Waals surface area contributed by atoms with Gasteiger partial charge in [-0.3, -0.25) is 4.79 Å². The van der Waals surface area contributed by atoms with Gasteiger partial charge in [-0.15, -0.1) is 0 Å². The Hall–Kier alpha value is -2.42. The van der Waals surface area contributed by atoms with Crippen LogP contribution in [0.1, 0.15) is 11.7 Å². The zero-order valence-corrected chi connectivity index (χ0v) is 12.8. The zero-order chi connectivity index (χ0) is 17.0. The van der Waals surface area contributed by atoms with E-state index in [1.165, 1.54) is 36.4 Å². The van der Waals surface area contributed by atoms with E-state index in [9.17, 15) is 23.4 Å². The number of carbonyl (C=O) groups is 1. The molecule has 0 heterocycles. The molecule has 7 nitrogen and oxygen atoms in total. The van der Waals surface area contributed by atoms with E-state index in [0.29, 0.717) is 0 Å². The first-order chi connectivity index (χ1) is 10.8. The van der Waals surface area contributed by atoms with E-state index >= 15 is 0 Å². The number of aliphatic carboxylic acids is 1.